The highest BCUT2D eigenvalue weighted by molar-refractivity contribution is 9.10. The molecule has 0 aliphatic heterocycles. The first-order valence-corrected chi connectivity index (χ1v) is 7.20. The van der Waals surface area contributed by atoms with Crippen LogP contribution in [-0.4, -0.2) is 9.67 Å². The van der Waals surface area contributed by atoms with Gasteiger partial charge in [-0.2, -0.15) is 0 Å². The fraction of sp³-hybridized carbons (Fsp3) is 0.0588. The number of aryl methyl sites for hydroxylation is 1. The van der Waals surface area contributed by atoms with Crippen molar-refractivity contribution in [2.24, 2.45) is 7.05 Å². The molecule has 0 amide bonds. The highest BCUT2D eigenvalue weighted by atomic mass is 79.9. The maximum absolute atomic E-state index is 13.3. The molecular weight excluding hydrogens is 333 g/mol. The molecule has 0 radical (unpaired) electrons. The molecule has 2 nitrogen and oxygen atoms in total. The normalized spacial score (nSPS) is 11.0. The van der Waals surface area contributed by atoms with Crippen molar-refractivity contribution in [2.45, 2.75) is 0 Å². The van der Waals surface area contributed by atoms with E-state index in [9.17, 15) is 9.50 Å². The van der Waals surface area contributed by atoms with Crippen LogP contribution < -0.4 is 0 Å². The molecule has 0 atom stereocenters. The summed E-state index contributed by atoms with van der Waals surface area (Å²) in [5.41, 5.74) is 3.09. The van der Waals surface area contributed by atoms with Gasteiger partial charge < -0.3 is 9.67 Å². The van der Waals surface area contributed by atoms with E-state index in [4.69, 9.17) is 0 Å². The predicted molar refractivity (Wildman–Crippen MR) is 86.8 cm³/mol. The molecule has 0 aliphatic carbocycles. The smallest absolute Gasteiger partial charge is 0.123 e. The lowest BCUT2D eigenvalue weighted by atomic mass is 10.0. The monoisotopic (exact) mass is 345 g/mol. The Morgan fingerprint density at radius 2 is 1.95 bits per heavy atom. The molecule has 3 rings (SSSR count). The Balaban J connectivity index is 2.18. The number of halogens is 2. The summed E-state index contributed by atoms with van der Waals surface area (Å²) in [5.74, 6) is -0.102. The van der Waals surface area contributed by atoms with E-state index in [-0.39, 0.29) is 11.6 Å². The van der Waals surface area contributed by atoms with E-state index >= 15 is 0 Å². The van der Waals surface area contributed by atoms with E-state index in [1.54, 1.807) is 18.2 Å². The van der Waals surface area contributed by atoms with Crippen LogP contribution in [0.5, 0.6) is 5.75 Å². The maximum Gasteiger partial charge on any atom is 0.123 e. The first-order valence-electron chi connectivity index (χ1n) is 6.40. The van der Waals surface area contributed by atoms with Crippen molar-refractivity contribution in [3.8, 4) is 5.75 Å². The second kappa shape index (κ2) is 5.04. The molecule has 0 spiro atoms. The Kier molecular flexibility index (Phi) is 3.33. The molecule has 0 bridgehead atoms. The average Bonchev–Trinajstić information content (AvgIpc) is 2.77. The fourth-order valence-corrected chi connectivity index (χ4v) is 2.86. The van der Waals surface area contributed by atoms with E-state index < -0.39 is 0 Å². The van der Waals surface area contributed by atoms with Crippen molar-refractivity contribution < 1.29 is 9.50 Å². The molecule has 0 aliphatic rings. The first kappa shape index (κ1) is 13.9. The van der Waals surface area contributed by atoms with E-state index in [1.165, 1.54) is 12.1 Å². The van der Waals surface area contributed by atoms with Crippen molar-refractivity contribution in [3.63, 3.8) is 0 Å². The molecule has 0 fully saturated rings. The Morgan fingerprint density at radius 1 is 1.19 bits per heavy atom. The number of hydrogen-bond donors (Lipinski definition) is 1. The van der Waals surface area contributed by atoms with Gasteiger partial charge in [-0.1, -0.05) is 22.5 Å². The Bertz CT molecular complexity index is 867. The second-order valence-electron chi connectivity index (χ2n) is 4.93. The van der Waals surface area contributed by atoms with Gasteiger partial charge in [-0.15, -0.1) is 0 Å². The van der Waals surface area contributed by atoms with Crippen molar-refractivity contribution in [1.82, 2.24) is 4.57 Å². The van der Waals surface area contributed by atoms with E-state index in [1.807, 2.05) is 23.7 Å². The van der Waals surface area contributed by atoms with Crippen LogP contribution in [0.25, 0.3) is 16.5 Å². The van der Waals surface area contributed by atoms with Crippen LogP contribution in [0, 0.1) is 5.82 Å². The van der Waals surface area contributed by atoms with Gasteiger partial charge in [-0.25, -0.2) is 4.39 Å². The highest BCUT2D eigenvalue weighted by Gasteiger charge is 2.14. The molecule has 0 saturated carbocycles. The van der Waals surface area contributed by atoms with Crippen molar-refractivity contribution in [2.75, 3.05) is 0 Å². The number of rotatable bonds is 2. The standard InChI is InChI=1S/C17H13BrFNO/c1-10(14-9-12(18)3-6-17(14)21)16-8-11-7-13(19)4-5-15(11)20(16)2/h3-9,21H,1H2,2H3. The zero-order valence-corrected chi connectivity index (χ0v) is 13.0. The van der Waals surface area contributed by atoms with Crippen LogP contribution >= 0.6 is 15.9 Å². The molecule has 106 valence electrons. The first-order chi connectivity index (χ1) is 9.97. The van der Waals surface area contributed by atoms with E-state index in [2.05, 4.69) is 22.5 Å². The summed E-state index contributed by atoms with van der Waals surface area (Å²) >= 11 is 3.39. The third-order valence-corrected chi connectivity index (χ3v) is 4.09. The zero-order valence-electron chi connectivity index (χ0n) is 11.4. The third-order valence-electron chi connectivity index (χ3n) is 3.60. The topological polar surface area (TPSA) is 25.2 Å². The molecule has 1 N–H and O–H groups in total. The van der Waals surface area contributed by atoms with Crippen LogP contribution in [0.2, 0.25) is 0 Å². The van der Waals surface area contributed by atoms with Gasteiger partial charge in [0.1, 0.15) is 11.6 Å². The number of hydrogen-bond acceptors (Lipinski definition) is 1. The molecule has 1 aromatic heterocycles. The SMILES string of the molecule is C=C(c1cc(Br)ccc1O)c1cc2cc(F)ccc2n1C. The summed E-state index contributed by atoms with van der Waals surface area (Å²) in [7, 11) is 1.90. The van der Waals surface area contributed by atoms with Gasteiger partial charge in [0.25, 0.3) is 0 Å². The summed E-state index contributed by atoms with van der Waals surface area (Å²) in [4.78, 5) is 0. The van der Waals surface area contributed by atoms with Gasteiger partial charge in [0.05, 0.1) is 0 Å². The summed E-state index contributed by atoms with van der Waals surface area (Å²) < 4.78 is 16.1. The molecule has 0 saturated heterocycles. The highest BCUT2D eigenvalue weighted by Crippen LogP contribution is 2.33. The minimum Gasteiger partial charge on any atom is -0.507 e. The van der Waals surface area contributed by atoms with E-state index in [0.717, 1.165) is 21.1 Å². The van der Waals surface area contributed by atoms with Crippen LogP contribution in [-0.2, 0) is 7.05 Å². The van der Waals surface area contributed by atoms with Crippen molar-refractivity contribution in [3.05, 3.63) is 70.6 Å². The van der Waals surface area contributed by atoms with E-state index in [0.29, 0.717) is 11.1 Å². The number of phenolic OH excluding ortho intramolecular Hbond substituents is 1. The Labute approximate surface area is 130 Å². The molecule has 3 aromatic rings. The molecule has 1 heterocycles. The lowest BCUT2D eigenvalue weighted by Gasteiger charge is -2.10. The number of aromatic nitrogens is 1. The van der Waals surface area contributed by atoms with Crippen LogP contribution in [0.1, 0.15) is 11.3 Å². The summed E-state index contributed by atoms with van der Waals surface area (Å²) in [5, 5.41) is 10.8. The average molecular weight is 346 g/mol. The minimum atomic E-state index is -0.268. The molecule has 4 heteroatoms. The maximum atomic E-state index is 13.3. The number of nitrogens with zero attached hydrogens (tertiary/aromatic N) is 1. The van der Waals surface area contributed by atoms with Crippen LogP contribution in [0.15, 0.2) is 53.5 Å². The number of fused-ring (bicyclic) bond motifs is 1. The van der Waals surface area contributed by atoms with Crippen molar-refractivity contribution in [1.29, 1.82) is 0 Å². The summed E-state index contributed by atoms with van der Waals surface area (Å²) in [6.45, 7) is 4.08. The quantitative estimate of drug-likeness (QED) is 0.705. The Hall–Kier alpha value is -2.07. The third kappa shape index (κ3) is 2.36. The molecule has 2 aromatic carbocycles. The van der Waals surface area contributed by atoms with Crippen LogP contribution in [0.3, 0.4) is 0 Å². The van der Waals surface area contributed by atoms with Gasteiger partial charge in [-0.3, -0.25) is 0 Å². The second-order valence-corrected chi connectivity index (χ2v) is 5.85. The van der Waals surface area contributed by atoms with Gasteiger partial charge in [-0.05, 0) is 42.5 Å². The molecule has 0 unspecified atom stereocenters. The number of benzene rings is 2. The lowest BCUT2D eigenvalue weighted by Crippen LogP contribution is -1.96. The summed E-state index contributed by atoms with van der Waals surface area (Å²) in [6.07, 6.45) is 0. The van der Waals surface area contributed by atoms with Crippen LogP contribution in [0.4, 0.5) is 4.39 Å². The van der Waals surface area contributed by atoms with Gasteiger partial charge in [0, 0.05) is 39.3 Å². The van der Waals surface area contributed by atoms with Crippen molar-refractivity contribution >= 4 is 32.4 Å². The molecule has 21 heavy (non-hydrogen) atoms. The lowest BCUT2D eigenvalue weighted by molar-refractivity contribution is 0.473. The van der Waals surface area contributed by atoms with Gasteiger partial charge in [0.15, 0.2) is 0 Å². The predicted octanol–water partition coefficient (Wildman–Crippen LogP) is 4.85. The Morgan fingerprint density at radius 3 is 2.71 bits per heavy atom. The van der Waals surface area contributed by atoms with Gasteiger partial charge >= 0.3 is 0 Å². The fourth-order valence-electron chi connectivity index (χ4n) is 2.50. The van der Waals surface area contributed by atoms with Gasteiger partial charge in [0.2, 0.25) is 0 Å². The zero-order chi connectivity index (χ0) is 15.1. The number of phenols is 1. The molecular formula is C17H13BrFNO. The summed E-state index contributed by atoms with van der Waals surface area (Å²) in [6, 6.07) is 11.7. The largest absolute Gasteiger partial charge is 0.507 e. The minimum absolute atomic E-state index is 0.166. The number of aromatic hydroxyl groups is 1.